The molecule has 0 unspecified atom stereocenters. The van der Waals surface area contributed by atoms with Crippen molar-refractivity contribution in [2.45, 2.75) is 13.5 Å². The highest BCUT2D eigenvalue weighted by Crippen LogP contribution is 2.27. The molecule has 29 heavy (non-hydrogen) atoms. The molecule has 144 valence electrons. The summed E-state index contributed by atoms with van der Waals surface area (Å²) in [5.41, 5.74) is 1.34. The van der Waals surface area contributed by atoms with Crippen molar-refractivity contribution in [3.8, 4) is 5.75 Å². The van der Waals surface area contributed by atoms with E-state index in [1.165, 1.54) is 4.57 Å². The van der Waals surface area contributed by atoms with Gasteiger partial charge in [-0.25, -0.2) is 4.98 Å². The van der Waals surface area contributed by atoms with Gasteiger partial charge in [-0.3, -0.25) is 9.59 Å². The van der Waals surface area contributed by atoms with Gasteiger partial charge in [0.15, 0.2) is 0 Å². The zero-order valence-electron chi connectivity index (χ0n) is 15.8. The fraction of sp³-hybridized carbons (Fsp3) is 0.0870. The Bertz CT molecular complexity index is 1260. The summed E-state index contributed by atoms with van der Waals surface area (Å²) >= 11 is 0. The second-order valence-electron chi connectivity index (χ2n) is 6.74. The molecule has 0 radical (unpaired) electrons. The Hall–Kier alpha value is -3.93. The number of nitrogens with zero attached hydrogens (tertiary/aromatic N) is 2. The minimum atomic E-state index is -0.696. The fourth-order valence-electron chi connectivity index (χ4n) is 3.31. The summed E-state index contributed by atoms with van der Waals surface area (Å²) in [4.78, 5) is 30.3. The molecule has 4 aromatic rings. The van der Waals surface area contributed by atoms with Gasteiger partial charge in [0.05, 0.1) is 12.1 Å². The van der Waals surface area contributed by atoms with E-state index in [-0.39, 0.29) is 17.9 Å². The molecule has 0 fully saturated rings. The molecule has 0 aliphatic heterocycles. The van der Waals surface area contributed by atoms with E-state index >= 15 is 0 Å². The lowest BCUT2D eigenvalue weighted by molar-refractivity contribution is 0.102. The van der Waals surface area contributed by atoms with Crippen molar-refractivity contribution >= 4 is 22.6 Å². The van der Waals surface area contributed by atoms with Gasteiger partial charge in [0, 0.05) is 11.1 Å². The number of nitrogens with one attached hydrogen (secondary N) is 1. The van der Waals surface area contributed by atoms with E-state index in [1.807, 2.05) is 30.3 Å². The molecule has 0 saturated heterocycles. The van der Waals surface area contributed by atoms with Gasteiger partial charge in [0.25, 0.3) is 11.5 Å². The largest absolute Gasteiger partial charge is 0.506 e. The number of aromatic hydroxyl groups is 1. The van der Waals surface area contributed by atoms with Crippen molar-refractivity contribution in [3.05, 3.63) is 100.0 Å². The van der Waals surface area contributed by atoms with Gasteiger partial charge in [-0.1, -0.05) is 48.5 Å². The van der Waals surface area contributed by atoms with Crippen LogP contribution in [0.15, 0.2) is 77.6 Å². The summed E-state index contributed by atoms with van der Waals surface area (Å²) < 4.78 is 1.50. The first-order valence-electron chi connectivity index (χ1n) is 9.18. The van der Waals surface area contributed by atoms with E-state index in [0.29, 0.717) is 16.7 Å². The average Bonchev–Trinajstić information content (AvgIpc) is 2.72. The number of pyridine rings is 2. The van der Waals surface area contributed by atoms with Crippen molar-refractivity contribution < 1.29 is 9.90 Å². The highest BCUT2D eigenvalue weighted by Gasteiger charge is 2.22. The molecule has 6 heteroatoms. The van der Waals surface area contributed by atoms with E-state index in [0.717, 1.165) is 11.3 Å². The second-order valence-corrected chi connectivity index (χ2v) is 6.74. The van der Waals surface area contributed by atoms with Crippen molar-refractivity contribution in [1.29, 1.82) is 0 Å². The van der Waals surface area contributed by atoms with Gasteiger partial charge in [-0.05, 0) is 36.8 Å². The molecule has 2 heterocycles. The van der Waals surface area contributed by atoms with Crippen molar-refractivity contribution in [2.24, 2.45) is 0 Å². The second kappa shape index (κ2) is 7.59. The monoisotopic (exact) mass is 385 g/mol. The third kappa shape index (κ3) is 3.60. The van der Waals surface area contributed by atoms with Crippen LogP contribution in [0, 0.1) is 6.92 Å². The number of aromatic nitrogens is 2. The minimum Gasteiger partial charge on any atom is -0.506 e. The lowest BCUT2D eigenvalue weighted by atomic mass is 10.1. The zero-order valence-corrected chi connectivity index (χ0v) is 15.8. The van der Waals surface area contributed by atoms with E-state index in [4.69, 9.17) is 0 Å². The normalized spacial score (nSPS) is 10.8. The lowest BCUT2D eigenvalue weighted by Crippen LogP contribution is -2.30. The van der Waals surface area contributed by atoms with Gasteiger partial charge in [0.1, 0.15) is 17.1 Å². The first-order valence-corrected chi connectivity index (χ1v) is 9.18. The summed E-state index contributed by atoms with van der Waals surface area (Å²) in [7, 11) is 0. The van der Waals surface area contributed by atoms with Gasteiger partial charge in [-0.2, -0.15) is 0 Å². The first kappa shape index (κ1) is 18.4. The molecule has 4 rings (SSSR count). The minimum absolute atomic E-state index is 0.281. The van der Waals surface area contributed by atoms with Crippen molar-refractivity contribution in [3.63, 3.8) is 0 Å². The molecule has 6 nitrogen and oxygen atoms in total. The number of anilines is 1. The molecule has 2 N–H and O–H groups in total. The Balaban J connectivity index is 1.85. The lowest BCUT2D eigenvalue weighted by Gasteiger charge is -2.15. The third-order valence-electron chi connectivity index (χ3n) is 4.69. The van der Waals surface area contributed by atoms with Crippen LogP contribution in [0.25, 0.3) is 10.9 Å². The van der Waals surface area contributed by atoms with Crippen LogP contribution < -0.4 is 10.9 Å². The molecule has 0 bridgehead atoms. The number of amides is 1. The molecular formula is C23H19N3O3. The van der Waals surface area contributed by atoms with Crippen LogP contribution in [0.3, 0.4) is 0 Å². The fourth-order valence-corrected chi connectivity index (χ4v) is 3.31. The first-order chi connectivity index (χ1) is 14.0. The summed E-state index contributed by atoms with van der Waals surface area (Å²) in [6.45, 7) is 2.08. The third-order valence-corrected chi connectivity index (χ3v) is 4.69. The predicted octanol–water partition coefficient (Wildman–Crippen LogP) is 3.71. The summed E-state index contributed by atoms with van der Waals surface area (Å²) in [5, 5.41) is 13.8. The number of rotatable bonds is 4. The van der Waals surface area contributed by atoms with E-state index < -0.39 is 11.5 Å². The van der Waals surface area contributed by atoms with Crippen LogP contribution in [0.1, 0.15) is 21.6 Å². The molecule has 0 saturated carbocycles. The SMILES string of the molecule is Cc1cccc(NC(=O)c2c(O)c3ccccc3n(Cc3ccccc3)c2=O)n1. The maximum atomic E-state index is 13.2. The Morgan fingerprint density at radius 3 is 2.48 bits per heavy atom. The van der Waals surface area contributed by atoms with Crippen LogP contribution in [0.4, 0.5) is 5.82 Å². The maximum Gasteiger partial charge on any atom is 0.268 e. The number of hydrogen-bond donors (Lipinski definition) is 2. The van der Waals surface area contributed by atoms with Crippen LogP contribution in [0.2, 0.25) is 0 Å². The average molecular weight is 385 g/mol. The number of para-hydroxylation sites is 1. The van der Waals surface area contributed by atoms with Gasteiger partial charge >= 0.3 is 0 Å². The van der Waals surface area contributed by atoms with E-state index in [9.17, 15) is 14.7 Å². The van der Waals surface area contributed by atoms with Gasteiger partial charge in [0.2, 0.25) is 0 Å². The molecule has 0 aliphatic carbocycles. The Morgan fingerprint density at radius 2 is 1.72 bits per heavy atom. The van der Waals surface area contributed by atoms with Gasteiger partial charge < -0.3 is 15.0 Å². The molecule has 2 aromatic heterocycles. The molecule has 0 aliphatic rings. The smallest absolute Gasteiger partial charge is 0.268 e. The van der Waals surface area contributed by atoms with E-state index in [2.05, 4.69) is 10.3 Å². The van der Waals surface area contributed by atoms with Crippen LogP contribution in [-0.2, 0) is 6.54 Å². The number of carbonyl (C=O) groups excluding carboxylic acids is 1. The van der Waals surface area contributed by atoms with E-state index in [1.54, 1.807) is 49.4 Å². The quantitative estimate of drug-likeness (QED) is 0.561. The predicted molar refractivity (Wildman–Crippen MR) is 112 cm³/mol. The summed E-state index contributed by atoms with van der Waals surface area (Å²) in [5.74, 6) is -0.713. The molecule has 0 spiro atoms. The maximum absolute atomic E-state index is 13.2. The van der Waals surface area contributed by atoms with Gasteiger partial charge in [-0.15, -0.1) is 0 Å². The number of hydrogen-bond acceptors (Lipinski definition) is 4. The Morgan fingerprint density at radius 1 is 1.00 bits per heavy atom. The number of aryl methyl sites for hydroxylation is 1. The Kier molecular flexibility index (Phi) is 4.83. The number of benzene rings is 2. The van der Waals surface area contributed by atoms with Crippen molar-refractivity contribution in [1.82, 2.24) is 9.55 Å². The number of carbonyl (C=O) groups is 1. The zero-order chi connectivity index (χ0) is 20.4. The molecule has 1 amide bonds. The summed E-state index contributed by atoms with van der Waals surface area (Å²) in [6, 6.07) is 21.7. The van der Waals surface area contributed by atoms with Crippen LogP contribution >= 0.6 is 0 Å². The summed E-state index contributed by atoms with van der Waals surface area (Å²) in [6.07, 6.45) is 0. The number of fused-ring (bicyclic) bond motifs is 1. The van der Waals surface area contributed by atoms with Crippen molar-refractivity contribution in [2.75, 3.05) is 5.32 Å². The topological polar surface area (TPSA) is 84.2 Å². The molecule has 0 atom stereocenters. The Labute approximate surface area is 167 Å². The van der Waals surface area contributed by atoms with Crippen LogP contribution in [-0.4, -0.2) is 20.6 Å². The molecular weight excluding hydrogens is 366 g/mol. The molecule has 2 aromatic carbocycles. The highest BCUT2D eigenvalue weighted by molar-refractivity contribution is 6.08. The van der Waals surface area contributed by atoms with Crippen LogP contribution in [0.5, 0.6) is 5.75 Å². The highest BCUT2D eigenvalue weighted by atomic mass is 16.3. The standard InChI is InChI=1S/C23H19N3O3/c1-15-8-7-13-19(24-15)25-22(28)20-21(27)17-11-5-6-12-18(17)26(23(20)29)14-16-9-3-2-4-10-16/h2-13,27H,14H2,1H3,(H,24,25,28).